The molecule has 5 rings (SSSR count). The third kappa shape index (κ3) is 3.89. The van der Waals surface area contributed by atoms with Gasteiger partial charge in [-0.2, -0.15) is 0 Å². The van der Waals surface area contributed by atoms with Crippen LogP contribution in [-0.2, 0) is 12.8 Å². The van der Waals surface area contributed by atoms with Gasteiger partial charge in [-0.1, -0.05) is 6.07 Å². The molecule has 7 heteroatoms. The molecule has 0 bridgehead atoms. The number of hydrogen-bond acceptors (Lipinski definition) is 6. The second-order valence-electron chi connectivity index (χ2n) is 7.39. The summed E-state index contributed by atoms with van der Waals surface area (Å²) in [7, 11) is 0. The monoisotopic (exact) mass is 445 g/mol. The number of benzene rings is 1. The molecule has 3 aromatic heterocycles. The maximum absolute atomic E-state index is 12.8. The number of fused-ring (bicyclic) bond motifs is 2. The Morgan fingerprint density at radius 3 is 2.74 bits per heavy atom. The zero-order valence-electron chi connectivity index (χ0n) is 16.6. The molecule has 0 unspecified atom stereocenters. The number of amides is 1. The van der Waals surface area contributed by atoms with Gasteiger partial charge in [-0.25, -0.2) is 4.98 Å². The normalized spacial score (nSPS) is 13.0. The first-order valence-corrected chi connectivity index (χ1v) is 11.7. The lowest BCUT2D eigenvalue weighted by Crippen LogP contribution is -2.12. The molecule has 5 nitrogen and oxygen atoms in total. The summed E-state index contributed by atoms with van der Waals surface area (Å²) in [5.41, 5.74) is 10.3. The molecule has 0 spiro atoms. The van der Waals surface area contributed by atoms with E-state index in [2.05, 4.69) is 11.4 Å². The molecule has 1 aliphatic carbocycles. The van der Waals surface area contributed by atoms with Crippen LogP contribution in [0.4, 0.5) is 11.4 Å². The van der Waals surface area contributed by atoms with Gasteiger partial charge in [0.1, 0.15) is 9.71 Å². The number of aromatic nitrogens is 1. The summed E-state index contributed by atoms with van der Waals surface area (Å²) in [6, 6.07) is 12.8. The van der Waals surface area contributed by atoms with Crippen LogP contribution in [0, 0.1) is 0 Å². The molecule has 3 heterocycles. The molecule has 0 aliphatic heterocycles. The van der Waals surface area contributed by atoms with Gasteiger partial charge in [0.05, 0.1) is 5.69 Å². The second kappa shape index (κ2) is 8.09. The number of nitrogens with two attached hydrogens (primary N) is 1. The highest BCUT2D eigenvalue weighted by molar-refractivity contribution is 7.21. The van der Waals surface area contributed by atoms with E-state index in [1.807, 2.05) is 17.5 Å². The van der Waals surface area contributed by atoms with Gasteiger partial charge >= 0.3 is 0 Å². The molecule has 0 saturated carbocycles. The zero-order chi connectivity index (χ0) is 21.4. The Bertz CT molecular complexity index is 1320. The number of nitrogen functional groups attached to an aromatic ring is 1. The number of aryl methyl sites for hydroxylation is 2. The van der Waals surface area contributed by atoms with Crippen LogP contribution in [0.1, 0.15) is 42.6 Å². The van der Waals surface area contributed by atoms with Crippen molar-refractivity contribution in [2.24, 2.45) is 0 Å². The van der Waals surface area contributed by atoms with Crippen molar-refractivity contribution in [3.63, 3.8) is 0 Å². The molecular formula is C24H19N3O2S2. The fourth-order valence-corrected chi connectivity index (χ4v) is 5.32. The van der Waals surface area contributed by atoms with Crippen LogP contribution in [0.3, 0.4) is 0 Å². The summed E-state index contributed by atoms with van der Waals surface area (Å²) in [6.07, 6.45) is 6.48. The van der Waals surface area contributed by atoms with E-state index < -0.39 is 0 Å². The molecule has 31 heavy (non-hydrogen) atoms. The number of hydrogen-bond donors (Lipinski definition) is 2. The molecule has 0 fully saturated rings. The average Bonchev–Trinajstić information content (AvgIpc) is 3.52. The fourth-order valence-electron chi connectivity index (χ4n) is 3.71. The van der Waals surface area contributed by atoms with Crippen molar-refractivity contribution in [3.05, 3.63) is 80.5 Å². The number of thiophene rings is 2. The van der Waals surface area contributed by atoms with Gasteiger partial charge in [0, 0.05) is 27.2 Å². The van der Waals surface area contributed by atoms with Crippen LogP contribution in [0.15, 0.2) is 53.9 Å². The van der Waals surface area contributed by atoms with Crippen molar-refractivity contribution in [3.8, 4) is 0 Å². The molecule has 154 valence electrons. The summed E-state index contributed by atoms with van der Waals surface area (Å²) in [4.78, 5) is 32.2. The minimum Gasteiger partial charge on any atom is -0.397 e. The summed E-state index contributed by atoms with van der Waals surface area (Å²) < 4.78 is 0. The summed E-state index contributed by atoms with van der Waals surface area (Å²) in [5.74, 6) is -0.350. The lowest BCUT2D eigenvalue weighted by Gasteiger charge is -2.05. The summed E-state index contributed by atoms with van der Waals surface area (Å²) in [5, 5.41) is 5.70. The first-order valence-electron chi connectivity index (χ1n) is 9.96. The molecule has 1 amide bonds. The second-order valence-corrected chi connectivity index (χ2v) is 9.37. The maximum Gasteiger partial charge on any atom is 0.267 e. The predicted octanol–water partition coefficient (Wildman–Crippen LogP) is 5.58. The maximum atomic E-state index is 12.8. The van der Waals surface area contributed by atoms with Gasteiger partial charge in [0.25, 0.3) is 5.91 Å². The number of carbonyl (C=O) groups excluding carboxylic acids is 2. The van der Waals surface area contributed by atoms with Gasteiger partial charge in [-0.3, -0.25) is 9.59 Å². The third-order valence-corrected chi connectivity index (χ3v) is 7.28. The largest absolute Gasteiger partial charge is 0.397 e. The highest BCUT2D eigenvalue weighted by atomic mass is 32.1. The number of allylic oxidation sites excluding steroid dienone is 1. The number of rotatable bonds is 5. The van der Waals surface area contributed by atoms with E-state index in [0.29, 0.717) is 21.8 Å². The highest BCUT2D eigenvalue weighted by Crippen LogP contribution is 2.36. The van der Waals surface area contributed by atoms with Gasteiger partial charge < -0.3 is 11.1 Å². The molecule has 0 saturated heterocycles. The van der Waals surface area contributed by atoms with Crippen LogP contribution < -0.4 is 11.1 Å². The van der Waals surface area contributed by atoms with Crippen LogP contribution in [-0.4, -0.2) is 16.7 Å². The Kier molecular flexibility index (Phi) is 5.13. The van der Waals surface area contributed by atoms with E-state index in [-0.39, 0.29) is 11.7 Å². The Morgan fingerprint density at radius 1 is 1.13 bits per heavy atom. The number of nitrogens with one attached hydrogen (secondary N) is 1. The van der Waals surface area contributed by atoms with Crippen LogP contribution >= 0.6 is 22.7 Å². The lowest BCUT2D eigenvalue weighted by atomic mass is 10.1. The van der Waals surface area contributed by atoms with Crippen LogP contribution in [0.25, 0.3) is 16.3 Å². The van der Waals surface area contributed by atoms with E-state index in [0.717, 1.165) is 40.1 Å². The van der Waals surface area contributed by atoms with Gasteiger partial charge in [0.15, 0.2) is 5.78 Å². The first kappa shape index (κ1) is 19.7. The van der Waals surface area contributed by atoms with E-state index in [1.165, 1.54) is 16.9 Å². The number of anilines is 2. The van der Waals surface area contributed by atoms with Crippen LogP contribution in [0.5, 0.6) is 0 Å². The number of ketones is 1. The lowest BCUT2D eigenvalue weighted by molar-refractivity contribution is 0.102. The number of nitrogens with zero attached hydrogens (tertiary/aromatic N) is 1. The highest BCUT2D eigenvalue weighted by Gasteiger charge is 2.21. The predicted molar refractivity (Wildman–Crippen MR) is 128 cm³/mol. The first-order chi connectivity index (χ1) is 15.1. The Labute approximate surface area is 187 Å². The van der Waals surface area contributed by atoms with E-state index in [9.17, 15) is 9.59 Å². The van der Waals surface area contributed by atoms with Crippen LogP contribution in [0.2, 0.25) is 0 Å². The van der Waals surface area contributed by atoms with Crippen molar-refractivity contribution in [1.29, 1.82) is 0 Å². The SMILES string of the molecule is Nc1c(C(=O)Nc2ccc(C(=O)/C=C/c3cccs3)cc2)sc2nc3c(cc12)CCC3. The molecule has 4 aromatic rings. The molecule has 1 aromatic carbocycles. The number of carbonyl (C=O) groups is 2. The average molecular weight is 446 g/mol. The standard InChI is InChI=1S/C24H19N3O2S2/c25-21-18-13-15-3-1-5-19(15)27-24(18)31-22(21)23(29)26-16-8-6-14(7-9-16)20(28)11-10-17-4-2-12-30-17/h2,4,6-13H,1,3,5,25H2,(H,26,29)/b11-10+. The van der Waals surface area contributed by atoms with Crippen molar-refractivity contribution >= 4 is 62.0 Å². The van der Waals surface area contributed by atoms with Crippen molar-refractivity contribution < 1.29 is 9.59 Å². The van der Waals surface area contributed by atoms with E-state index >= 15 is 0 Å². The van der Waals surface area contributed by atoms with E-state index in [4.69, 9.17) is 10.7 Å². The molecule has 0 atom stereocenters. The molecular weight excluding hydrogens is 426 g/mol. The van der Waals surface area contributed by atoms with Gasteiger partial charge in [-0.05, 0) is 78.8 Å². The van der Waals surface area contributed by atoms with Crippen molar-refractivity contribution in [2.75, 3.05) is 11.1 Å². The molecule has 0 radical (unpaired) electrons. The van der Waals surface area contributed by atoms with Crippen molar-refractivity contribution in [1.82, 2.24) is 4.98 Å². The quantitative estimate of drug-likeness (QED) is 0.310. The van der Waals surface area contributed by atoms with Gasteiger partial charge in [-0.15, -0.1) is 22.7 Å². The molecule has 1 aliphatic rings. The zero-order valence-corrected chi connectivity index (χ0v) is 18.2. The van der Waals surface area contributed by atoms with Gasteiger partial charge in [0.2, 0.25) is 0 Å². The topological polar surface area (TPSA) is 85.1 Å². The minimum absolute atomic E-state index is 0.0841. The van der Waals surface area contributed by atoms with Crippen molar-refractivity contribution in [2.45, 2.75) is 19.3 Å². The smallest absolute Gasteiger partial charge is 0.267 e. The fraction of sp³-hybridized carbons (Fsp3) is 0.125. The Balaban J connectivity index is 1.31. The Morgan fingerprint density at radius 2 is 1.97 bits per heavy atom. The molecule has 3 N–H and O–H groups in total. The Hall–Kier alpha value is -3.29. The third-order valence-electron chi connectivity index (χ3n) is 5.33. The number of pyridine rings is 1. The minimum atomic E-state index is -0.266. The summed E-state index contributed by atoms with van der Waals surface area (Å²) in [6.45, 7) is 0. The van der Waals surface area contributed by atoms with E-state index in [1.54, 1.807) is 47.8 Å². The summed E-state index contributed by atoms with van der Waals surface area (Å²) >= 11 is 2.90.